The molecule has 0 aliphatic carbocycles. The summed E-state index contributed by atoms with van der Waals surface area (Å²) in [5, 5.41) is 9.11. The third-order valence-electron chi connectivity index (χ3n) is 4.73. The van der Waals surface area contributed by atoms with Crippen molar-refractivity contribution >= 4 is 22.0 Å². The van der Waals surface area contributed by atoms with Crippen LogP contribution in [0.4, 0.5) is 0 Å². The highest BCUT2D eigenvalue weighted by Gasteiger charge is 2.29. The first-order chi connectivity index (χ1) is 14.0. The summed E-state index contributed by atoms with van der Waals surface area (Å²) in [4.78, 5) is 14.2. The molecule has 0 radical (unpaired) electrons. The maximum Gasteiger partial charge on any atom is 0.246 e. The van der Waals surface area contributed by atoms with Gasteiger partial charge in [-0.3, -0.25) is 4.79 Å². The van der Waals surface area contributed by atoms with E-state index in [2.05, 4.69) is 6.07 Å². The lowest BCUT2D eigenvalue weighted by molar-refractivity contribution is -0.127. The van der Waals surface area contributed by atoms with Crippen molar-refractivity contribution in [1.82, 2.24) is 9.21 Å². The van der Waals surface area contributed by atoms with E-state index in [1.54, 1.807) is 47.4 Å². The fraction of sp³-hybridized carbons (Fsp3) is 0.238. The summed E-state index contributed by atoms with van der Waals surface area (Å²) in [5.41, 5.74) is 1.16. The van der Waals surface area contributed by atoms with Crippen molar-refractivity contribution in [2.45, 2.75) is 4.90 Å². The van der Waals surface area contributed by atoms with Gasteiger partial charge in [0.2, 0.25) is 15.9 Å². The number of hydrogen-bond acceptors (Lipinski definition) is 5. The standard InChI is InChI=1S/C21H21N3O4S/c1-28-19-7-9-20(10-8-19)29(26,27)24-14-12-23(13-15-24)21(25)11-6-17-4-2-3-5-18(17)16-22/h2-11H,12-15H2,1H3/b11-6+. The summed E-state index contributed by atoms with van der Waals surface area (Å²) in [7, 11) is -2.09. The van der Waals surface area contributed by atoms with Crippen LogP contribution in [0.25, 0.3) is 6.08 Å². The Morgan fingerprint density at radius 2 is 1.72 bits per heavy atom. The van der Waals surface area contributed by atoms with Gasteiger partial charge in [0.05, 0.1) is 23.6 Å². The van der Waals surface area contributed by atoms with E-state index in [1.165, 1.54) is 29.6 Å². The highest BCUT2D eigenvalue weighted by atomic mass is 32.2. The molecule has 1 heterocycles. The minimum atomic E-state index is -3.61. The number of carbonyl (C=O) groups excluding carboxylic acids is 1. The molecular weight excluding hydrogens is 390 g/mol. The van der Waals surface area contributed by atoms with Crippen LogP contribution in [0.15, 0.2) is 59.5 Å². The third kappa shape index (κ3) is 4.65. The predicted molar refractivity (Wildman–Crippen MR) is 109 cm³/mol. The van der Waals surface area contributed by atoms with Gasteiger partial charge in [0.25, 0.3) is 0 Å². The number of amides is 1. The summed E-state index contributed by atoms with van der Waals surface area (Å²) in [6, 6.07) is 15.3. The average molecular weight is 411 g/mol. The molecule has 1 amide bonds. The Balaban J connectivity index is 1.63. The van der Waals surface area contributed by atoms with Gasteiger partial charge >= 0.3 is 0 Å². The Labute approximate surface area is 170 Å². The van der Waals surface area contributed by atoms with Gasteiger partial charge in [-0.25, -0.2) is 8.42 Å². The van der Waals surface area contributed by atoms with Crippen molar-refractivity contribution in [2.24, 2.45) is 0 Å². The molecule has 0 unspecified atom stereocenters. The number of benzene rings is 2. The largest absolute Gasteiger partial charge is 0.497 e. The van der Waals surface area contributed by atoms with Crippen molar-refractivity contribution in [3.05, 3.63) is 65.7 Å². The van der Waals surface area contributed by atoms with Gasteiger partial charge in [0, 0.05) is 32.3 Å². The van der Waals surface area contributed by atoms with Crippen LogP contribution in [0, 0.1) is 11.3 Å². The molecule has 2 aromatic rings. The molecule has 150 valence electrons. The third-order valence-corrected chi connectivity index (χ3v) is 6.65. The molecule has 1 aliphatic heterocycles. The van der Waals surface area contributed by atoms with Crippen LogP contribution in [0.2, 0.25) is 0 Å². The lowest BCUT2D eigenvalue weighted by atomic mass is 10.1. The number of nitriles is 1. The second-order valence-electron chi connectivity index (χ2n) is 6.44. The van der Waals surface area contributed by atoms with E-state index in [1.807, 2.05) is 0 Å². The average Bonchev–Trinajstić information content (AvgIpc) is 2.77. The number of piperazine rings is 1. The quantitative estimate of drug-likeness (QED) is 0.703. The Morgan fingerprint density at radius 3 is 2.34 bits per heavy atom. The molecule has 8 heteroatoms. The van der Waals surface area contributed by atoms with Crippen LogP contribution in [0.3, 0.4) is 0 Å². The van der Waals surface area contributed by atoms with Crippen molar-refractivity contribution in [1.29, 1.82) is 5.26 Å². The number of carbonyl (C=O) groups is 1. The number of ether oxygens (including phenoxy) is 1. The van der Waals surface area contributed by atoms with E-state index in [9.17, 15) is 13.2 Å². The molecule has 1 fully saturated rings. The van der Waals surface area contributed by atoms with E-state index >= 15 is 0 Å². The van der Waals surface area contributed by atoms with Gasteiger partial charge in [-0.2, -0.15) is 9.57 Å². The molecule has 2 aromatic carbocycles. The summed E-state index contributed by atoms with van der Waals surface area (Å²) >= 11 is 0. The normalized spacial score (nSPS) is 15.2. The molecule has 1 aliphatic rings. The first-order valence-corrected chi connectivity index (χ1v) is 10.5. The van der Waals surface area contributed by atoms with Crippen LogP contribution in [-0.4, -0.2) is 56.8 Å². The minimum Gasteiger partial charge on any atom is -0.497 e. The van der Waals surface area contributed by atoms with Crippen molar-refractivity contribution in [2.75, 3.05) is 33.3 Å². The Bertz CT molecular complexity index is 1050. The van der Waals surface area contributed by atoms with Gasteiger partial charge in [-0.05, 0) is 42.0 Å². The number of nitrogens with zero attached hydrogens (tertiary/aromatic N) is 3. The van der Waals surface area contributed by atoms with Gasteiger partial charge in [0.15, 0.2) is 0 Å². The van der Waals surface area contributed by atoms with Crippen LogP contribution in [0.1, 0.15) is 11.1 Å². The first-order valence-electron chi connectivity index (χ1n) is 9.06. The lowest BCUT2D eigenvalue weighted by Crippen LogP contribution is -2.50. The summed E-state index contributed by atoms with van der Waals surface area (Å²) in [6.07, 6.45) is 3.03. The second kappa shape index (κ2) is 8.90. The highest BCUT2D eigenvalue weighted by molar-refractivity contribution is 7.89. The molecule has 7 nitrogen and oxygen atoms in total. The van der Waals surface area contributed by atoms with Crippen LogP contribution >= 0.6 is 0 Å². The molecule has 0 spiro atoms. The maximum absolute atomic E-state index is 12.8. The summed E-state index contributed by atoms with van der Waals surface area (Å²) < 4.78 is 32.0. The predicted octanol–water partition coefficient (Wildman–Crippen LogP) is 2.11. The van der Waals surface area contributed by atoms with E-state index in [0.717, 1.165) is 0 Å². The molecule has 0 bridgehead atoms. The zero-order valence-electron chi connectivity index (χ0n) is 16.0. The monoisotopic (exact) mass is 411 g/mol. The molecule has 29 heavy (non-hydrogen) atoms. The van der Waals surface area contributed by atoms with Crippen molar-refractivity contribution < 1.29 is 17.9 Å². The first kappa shape index (κ1) is 20.6. The van der Waals surface area contributed by atoms with E-state index in [0.29, 0.717) is 30.0 Å². The Morgan fingerprint density at radius 1 is 1.07 bits per heavy atom. The van der Waals surface area contributed by atoms with Gasteiger partial charge in [-0.1, -0.05) is 18.2 Å². The molecule has 0 N–H and O–H groups in total. The molecular formula is C21H21N3O4S. The van der Waals surface area contributed by atoms with Gasteiger partial charge in [-0.15, -0.1) is 0 Å². The Kier molecular flexibility index (Phi) is 6.32. The van der Waals surface area contributed by atoms with E-state index in [-0.39, 0.29) is 23.9 Å². The molecule has 0 saturated carbocycles. The highest BCUT2D eigenvalue weighted by Crippen LogP contribution is 2.21. The summed E-state index contributed by atoms with van der Waals surface area (Å²) in [6.45, 7) is 1.06. The fourth-order valence-electron chi connectivity index (χ4n) is 3.06. The zero-order valence-corrected chi connectivity index (χ0v) is 16.8. The molecule has 1 saturated heterocycles. The number of hydrogen-bond donors (Lipinski definition) is 0. The zero-order chi connectivity index (χ0) is 20.9. The lowest BCUT2D eigenvalue weighted by Gasteiger charge is -2.33. The van der Waals surface area contributed by atoms with Gasteiger partial charge < -0.3 is 9.64 Å². The minimum absolute atomic E-state index is 0.200. The SMILES string of the molecule is COc1ccc(S(=O)(=O)N2CCN(C(=O)/C=C/c3ccccc3C#N)CC2)cc1. The Hall–Kier alpha value is -3.15. The second-order valence-corrected chi connectivity index (χ2v) is 8.38. The summed E-state index contributed by atoms with van der Waals surface area (Å²) in [5.74, 6) is 0.378. The smallest absolute Gasteiger partial charge is 0.246 e. The van der Waals surface area contributed by atoms with Gasteiger partial charge in [0.1, 0.15) is 5.75 Å². The van der Waals surface area contributed by atoms with E-state index < -0.39 is 10.0 Å². The number of sulfonamides is 1. The fourth-order valence-corrected chi connectivity index (χ4v) is 4.48. The van der Waals surface area contributed by atoms with Crippen LogP contribution < -0.4 is 4.74 Å². The molecule has 3 rings (SSSR count). The van der Waals surface area contributed by atoms with Crippen molar-refractivity contribution in [3.63, 3.8) is 0 Å². The molecule has 0 aromatic heterocycles. The maximum atomic E-state index is 12.8. The van der Waals surface area contributed by atoms with Crippen LogP contribution in [-0.2, 0) is 14.8 Å². The van der Waals surface area contributed by atoms with E-state index in [4.69, 9.17) is 10.00 Å². The number of methoxy groups -OCH3 is 1. The number of rotatable bonds is 5. The topological polar surface area (TPSA) is 90.7 Å². The van der Waals surface area contributed by atoms with Crippen molar-refractivity contribution in [3.8, 4) is 11.8 Å². The van der Waals surface area contributed by atoms with Crippen LogP contribution in [0.5, 0.6) is 5.75 Å². The molecule has 0 atom stereocenters.